The van der Waals surface area contributed by atoms with Crippen molar-refractivity contribution in [1.82, 2.24) is 9.97 Å². The van der Waals surface area contributed by atoms with Crippen molar-refractivity contribution in [1.29, 1.82) is 0 Å². The Labute approximate surface area is 354 Å². The van der Waals surface area contributed by atoms with Crippen molar-refractivity contribution in [3.63, 3.8) is 0 Å². The largest absolute Gasteiger partial charge is 0.453 e. The molecule has 8 heteroatoms. The van der Waals surface area contributed by atoms with Gasteiger partial charge in [-0.3, -0.25) is 0 Å². The molecule has 3 heterocycles. The Hall–Kier alpha value is -8.98. The van der Waals surface area contributed by atoms with Gasteiger partial charge in [0.15, 0.2) is 34.4 Å². The highest BCUT2D eigenvalue weighted by Crippen LogP contribution is 2.53. The molecule has 0 N–H and O–H groups in total. The van der Waals surface area contributed by atoms with E-state index >= 15 is 0 Å². The van der Waals surface area contributed by atoms with Crippen LogP contribution in [0, 0.1) is 13.1 Å². The number of ether oxygens (including phenoxy) is 2. The molecule has 62 heavy (non-hydrogen) atoms. The van der Waals surface area contributed by atoms with Crippen LogP contribution in [0.1, 0.15) is 0 Å². The first-order valence-corrected chi connectivity index (χ1v) is 20.2. The predicted molar refractivity (Wildman–Crippen MR) is 249 cm³/mol. The summed E-state index contributed by atoms with van der Waals surface area (Å²) in [6.07, 6.45) is 0. The average Bonchev–Trinajstić information content (AvgIpc) is 3.33. The van der Waals surface area contributed by atoms with Gasteiger partial charge in [-0.1, -0.05) is 84.9 Å². The third-order valence-electron chi connectivity index (χ3n) is 12.1. The van der Waals surface area contributed by atoms with E-state index in [1.165, 1.54) is 0 Å². The van der Waals surface area contributed by atoms with Gasteiger partial charge >= 0.3 is 0 Å². The first-order valence-electron chi connectivity index (χ1n) is 20.2. The van der Waals surface area contributed by atoms with Gasteiger partial charge in [0.05, 0.1) is 58.0 Å². The molecule has 8 nitrogen and oxygen atoms in total. The first-order chi connectivity index (χ1) is 30.6. The Morgan fingerprint density at radius 1 is 0.339 bits per heavy atom. The number of fused-ring (bicyclic) bond motifs is 16. The quantitative estimate of drug-likeness (QED) is 0.0987. The minimum absolute atomic E-state index is 0.525. The van der Waals surface area contributed by atoms with E-state index in [1.807, 2.05) is 109 Å². The van der Waals surface area contributed by atoms with Crippen LogP contribution in [-0.2, 0) is 0 Å². The Morgan fingerprint density at radius 2 is 0.645 bits per heavy atom. The lowest BCUT2D eigenvalue weighted by atomic mass is 9.95. The third-order valence-corrected chi connectivity index (χ3v) is 12.1. The van der Waals surface area contributed by atoms with E-state index in [-0.39, 0.29) is 0 Å². The minimum atomic E-state index is 0.525. The highest BCUT2D eigenvalue weighted by Gasteiger charge is 2.28. The molecule has 11 aromatic rings. The van der Waals surface area contributed by atoms with Gasteiger partial charge in [0.1, 0.15) is 0 Å². The number of nitrogens with zero attached hydrogens (tertiary/aromatic N) is 6. The zero-order chi connectivity index (χ0) is 41.1. The molecule has 2 aliphatic heterocycles. The summed E-state index contributed by atoms with van der Waals surface area (Å²) in [5, 5.41) is 7.42. The molecule has 1 aromatic heterocycles. The second-order valence-electron chi connectivity index (χ2n) is 15.5. The van der Waals surface area contributed by atoms with Gasteiger partial charge in [-0.15, -0.1) is 0 Å². The SMILES string of the molecule is [C-]#[N+]c1ccc2c(c1)c1cc([N+]#[C-])ccc1c1nc3c4ccc(N5c6ccccc6Oc6ccccc65)cc4c4cc(N5c6ccccc6Oc6ccccc65)ccc4c3nc21. The van der Waals surface area contributed by atoms with E-state index in [4.69, 9.17) is 32.6 Å². The van der Waals surface area contributed by atoms with Crippen LogP contribution in [0.5, 0.6) is 23.0 Å². The molecule has 0 spiro atoms. The molecule has 0 bridgehead atoms. The Bertz CT molecular complexity index is 3540. The monoisotopic (exact) mass is 792 g/mol. The first kappa shape index (κ1) is 33.9. The number of rotatable bonds is 2. The number of hydrogen-bond acceptors (Lipinski definition) is 6. The zero-order valence-electron chi connectivity index (χ0n) is 32.7. The fourth-order valence-electron chi connectivity index (χ4n) is 9.42. The Balaban J connectivity index is 1.15. The van der Waals surface area contributed by atoms with Gasteiger partial charge < -0.3 is 19.3 Å². The lowest BCUT2D eigenvalue weighted by Gasteiger charge is -2.33. The smallest absolute Gasteiger partial charge is 0.187 e. The van der Waals surface area contributed by atoms with Crippen molar-refractivity contribution in [2.24, 2.45) is 0 Å². The fourth-order valence-corrected chi connectivity index (χ4v) is 9.42. The lowest BCUT2D eigenvalue weighted by molar-refractivity contribution is 0.477. The molecule has 0 unspecified atom stereocenters. The maximum absolute atomic E-state index is 7.80. The summed E-state index contributed by atoms with van der Waals surface area (Å²) in [7, 11) is 0. The minimum Gasteiger partial charge on any atom is -0.453 e. The maximum atomic E-state index is 7.80. The van der Waals surface area contributed by atoms with Crippen LogP contribution < -0.4 is 19.3 Å². The molecule has 0 saturated carbocycles. The van der Waals surface area contributed by atoms with Crippen LogP contribution in [0.2, 0.25) is 0 Å². The summed E-state index contributed by atoms with van der Waals surface area (Å²) in [6.45, 7) is 15.6. The second-order valence-corrected chi connectivity index (χ2v) is 15.5. The third kappa shape index (κ3) is 4.80. The molecular formula is C54H28N6O2. The number of hydrogen-bond donors (Lipinski definition) is 0. The van der Waals surface area contributed by atoms with Gasteiger partial charge in [-0.25, -0.2) is 19.7 Å². The van der Waals surface area contributed by atoms with Crippen LogP contribution in [0.25, 0.3) is 74.8 Å². The fraction of sp³-hybridized carbons (Fsp3) is 0. The highest BCUT2D eigenvalue weighted by molar-refractivity contribution is 6.29. The summed E-state index contributed by atoms with van der Waals surface area (Å²) in [4.78, 5) is 23.1. The van der Waals surface area contributed by atoms with Gasteiger partial charge in [0, 0.05) is 32.9 Å². The predicted octanol–water partition coefficient (Wildman–Crippen LogP) is 15.6. The molecule has 10 aromatic carbocycles. The van der Waals surface area contributed by atoms with E-state index in [0.717, 1.165) is 122 Å². The summed E-state index contributed by atoms with van der Waals surface area (Å²) >= 11 is 0. The van der Waals surface area contributed by atoms with E-state index in [1.54, 1.807) is 0 Å². The lowest BCUT2D eigenvalue weighted by Crippen LogP contribution is -2.16. The van der Waals surface area contributed by atoms with Gasteiger partial charge in [-0.05, 0) is 106 Å². The van der Waals surface area contributed by atoms with Crippen LogP contribution in [-0.4, -0.2) is 9.97 Å². The van der Waals surface area contributed by atoms with E-state index in [9.17, 15) is 0 Å². The summed E-state index contributed by atoms with van der Waals surface area (Å²) < 4.78 is 12.8. The molecule has 2 aliphatic rings. The maximum Gasteiger partial charge on any atom is 0.187 e. The summed E-state index contributed by atoms with van der Waals surface area (Å²) in [6, 6.07) is 57.1. The topological polar surface area (TPSA) is 59.4 Å². The van der Waals surface area contributed by atoms with Crippen LogP contribution in [0.15, 0.2) is 170 Å². The number of para-hydroxylation sites is 8. The van der Waals surface area contributed by atoms with Crippen molar-refractivity contribution >= 4 is 111 Å². The molecule has 0 radical (unpaired) electrons. The Kier molecular flexibility index (Phi) is 6.98. The normalized spacial score (nSPS) is 12.7. The molecular weight excluding hydrogens is 765 g/mol. The van der Waals surface area contributed by atoms with Gasteiger partial charge in [0.2, 0.25) is 0 Å². The van der Waals surface area contributed by atoms with Gasteiger partial charge in [0.25, 0.3) is 0 Å². The zero-order valence-corrected chi connectivity index (χ0v) is 32.7. The molecule has 0 aliphatic carbocycles. The molecule has 286 valence electrons. The molecule has 0 fully saturated rings. The molecule has 0 saturated heterocycles. The van der Waals surface area contributed by atoms with E-state index < -0.39 is 0 Å². The van der Waals surface area contributed by atoms with Crippen molar-refractivity contribution in [2.45, 2.75) is 0 Å². The van der Waals surface area contributed by atoms with Crippen LogP contribution in [0.4, 0.5) is 45.5 Å². The number of anilines is 6. The Morgan fingerprint density at radius 3 is 0.984 bits per heavy atom. The molecule has 13 rings (SSSR count). The van der Waals surface area contributed by atoms with Crippen molar-refractivity contribution in [2.75, 3.05) is 9.80 Å². The van der Waals surface area contributed by atoms with Crippen molar-refractivity contribution in [3.05, 3.63) is 193 Å². The van der Waals surface area contributed by atoms with Crippen molar-refractivity contribution < 1.29 is 9.47 Å². The molecule has 0 amide bonds. The average molecular weight is 793 g/mol. The highest BCUT2D eigenvalue weighted by atomic mass is 16.5. The number of aromatic nitrogens is 2. The number of benzene rings is 10. The second kappa shape index (κ2) is 12.8. The van der Waals surface area contributed by atoms with E-state index in [2.05, 4.69) is 80.2 Å². The summed E-state index contributed by atoms with van der Waals surface area (Å²) in [5.74, 6) is 3.12. The van der Waals surface area contributed by atoms with Gasteiger partial charge in [-0.2, -0.15) is 0 Å². The molecule has 0 atom stereocenters. The van der Waals surface area contributed by atoms with E-state index in [0.29, 0.717) is 11.4 Å². The summed E-state index contributed by atoms with van der Waals surface area (Å²) in [5.41, 5.74) is 9.82. The standard InChI is InChI=1S/C54H28N6O2/c1-55-31-19-23-35-39(27-31)40-28-32(56-2)20-24-36(40)52-51(35)57-53-37-25-21-33(59-43-11-3-7-15-47(43)61-48-16-8-4-12-44(48)59)29-41(37)42-30-34(22-26-38(42)54(53)58-52)60-45-13-5-9-17-49(45)62-50-18-10-6-14-46(50)60/h3-30H. The van der Waals surface area contributed by atoms with Crippen LogP contribution in [0.3, 0.4) is 0 Å². The van der Waals surface area contributed by atoms with Crippen LogP contribution >= 0.6 is 0 Å². The van der Waals surface area contributed by atoms with Crippen molar-refractivity contribution in [3.8, 4) is 23.0 Å².